The minimum absolute atomic E-state index is 0.0430. The Balaban J connectivity index is 1.96. The minimum Gasteiger partial charge on any atom is -0.496 e. The van der Waals surface area contributed by atoms with Gasteiger partial charge in [-0.05, 0) is 18.2 Å². The summed E-state index contributed by atoms with van der Waals surface area (Å²) >= 11 is 0. The van der Waals surface area contributed by atoms with E-state index in [4.69, 9.17) is 14.2 Å². The standard InChI is InChI=1S/C16H14FNO6/c1-22-14-7-6-11(18(20)21)10-12(14)16(19)24-9-8-23-15-5-3-2-4-13(15)17/h2-7,10H,8-9H2,1H3. The number of benzene rings is 2. The first kappa shape index (κ1) is 17.2. The molecule has 0 aliphatic rings. The number of para-hydroxylation sites is 1. The predicted molar refractivity (Wildman–Crippen MR) is 81.8 cm³/mol. The van der Waals surface area contributed by atoms with Crippen LogP contribution >= 0.6 is 0 Å². The van der Waals surface area contributed by atoms with Crippen LogP contribution in [0.15, 0.2) is 42.5 Å². The number of nitro groups is 1. The van der Waals surface area contributed by atoms with Gasteiger partial charge in [0.25, 0.3) is 5.69 Å². The maximum absolute atomic E-state index is 13.3. The number of halogens is 1. The van der Waals surface area contributed by atoms with E-state index in [-0.39, 0.29) is 36.0 Å². The van der Waals surface area contributed by atoms with Crippen molar-refractivity contribution in [3.63, 3.8) is 0 Å². The number of hydrogen-bond donors (Lipinski definition) is 0. The quantitative estimate of drug-likeness (QED) is 0.334. The van der Waals surface area contributed by atoms with Crippen LogP contribution in [-0.4, -0.2) is 31.2 Å². The van der Waals surface area contributed by atoms with Gasteiger partial charge in [0.2, 0.25) is 0 Å². The third-order valence-electron chi connectivity index (χ3n) is 3.02. The lowest BCUT2D eigenvalue weighted by atomic mass is 10.2. The largest absolute Gasteiger partial charge is 0.496 e. The maximum atomic E-state index is 13.3. The summed E-state index contributed by atoms with van der Waals surface area (Å²) in [6.07, 6.45) is 0. The molecule has 0 heterocycles. The molecule has 0 spiro atoms. The molecule has 0 radical (unpaired) electrons. The van der Waals surface area contributed by atoms with E-state index in [1.807, 2.05) is 0 Å². The van der Waals surface area contributed by atoms with Gasteiger partial charge in [-0.2, -0.15) is 0 Å². The molecule has 0 atom stereocenters. The number of nitrogens with zero attached hydrogens (tertiary/aromatic N) is 1. The van der Waals surface area contributed by atoms with Gasteiger partial charge in [0.15, 0.2) is 11.6 Å². The molecule has 0 unspecified atom stereocenters. The smallest absolute Gasteiger partial charge is 0.342 e. The van der Waals surface area contributed by atoms with Crippen molar-refractivity contribution < 1.29 is 28.3 Å². The molecular formula is C16H14FNO6. The van der Waals surface area contributed by atoms with Gasteiger partial charge in [0.1, 0.15) is 24.5 Å². The number of carbonyl (C=O) groups is 1. The number of methoxy groups -OCH3 is 1. The fourth-order valence-corrected chi connectivity index (χ4v) is 1.89. The van der Waals surface area contributed by atoms with Crippen molar-refractivity contribution in [3.8, 4) is 11.5 Å². The number of ether oxygens (including phenoxy) is 3. The van der Waals surface area contributed by atoms with Crippen molar-refractivity contribution in [2.24, 2.45) is 0 Å². The maximum Gasteiger partial charge on any atom is 0.342 e. The second-order valence-corrected chi connectivity index (χ2v) is 4.56. The molecule has 0 saturated carbocycles. The molecule has 0 N–H and O–H groups in total. The second kappa shape index (κ2) is 7.91. The average Bonchev–Trinajstić information content (AvgIpc) is 2.59. The summed E-state index contributed by atoms with van der Waals surface area (Å²) in [5.41, 5.74) is -0.331. The summed E-state index contributed by atoms with van der Waals surface area (Å²) in [5, 5.41) is 10.8. The summed E-state index contributed by atoms with van der Waals surface area (Å²) in [6, 6.07) is 9.42. The number of carbonyl (C=O) groups excluding carboxylic acids is 1. The molecule has 0 saturated heterocycles. The Hall–Kier alpha value is -3.16. The van der Waals surface area contributed by atoms with Crippen molar-refractivity contribution in [3.05, 3.63) is 64.0 Å². The molecule has 126 valence electrons. The zero-order valence-corrected chi connectivity index (χ0v) is 12.7. The van der Waals surface area contributed by atoms with E-state index in [9.17, 15) is 19.3 Å². The highest BCUT2D eigenvalue weighted by Gasteiger charge is 2.18. The van der Waals surface area contributed by atoms with Crippen LogP contribution in [0.3, 0.4) is 0 Å². The Bertz CT molecular complexity index is 749. The van der Waals surface area contributed by atoms with E-state index < -0.39 is 16.7 Å². The Kier molecular flexibility index (Phi) is 5.67. The fourth-order valence-electron chi connectivity index (χ4n) is 1.89. The second-order valence-electron chi connectivity index (χ2n) is 4.56. The average molecular weight is 335 g/mol. The summed E-state index contributed by atoms with van der Waals surface area (Å²) in [5.74, 6) is -1.13. The van der Waals surface area contributed by atoms with Crippen molar-refractivity contribution in [1.82, 2.24) is 0 Å². The lowest BCUT2D eigenvalue weighted by Gasteiger charge is -2.10. The first-order chi connectivity index (χ1) is 11.5. The molecule has 0 aromatic heterocycles. The number of nitro benzene ring substituents is 1. The lowest BCUT2D eigenvalue weighted by Crippen LogP contribution is -2.13. The number of non-ortho nitro benzene ring substituents is 1. The van der Waals surface area contributed by atoms with E-state index in [1.165, 1.54) is 37.4 Å². The Morgan fingerprint density at radius 1 is 1.17 bits per heavy atom. The molecular weight excluding hydrogens is 321 g/mol. The summed E-state index contributed by atoms with van der Waals surface area (Å²) in [7, 11) is 1.33. The van der Waals surface area contributed by atoms with Crippen LogP contribution in [0.2, 0.25) is 0 Å². The first-order valence-corrected chi connectivity index (χ1v) is 6.90. The molecule has 2 aromatic rings. The van der Waals surface area contributed by atoms with Crippen molar-refractivity contribution in [2.45, 2.75) is 0 Å². The third-order valence-corrected chi connectivity index (χ3v) is 3.02. The molecule has 8 heteroatoms. The first-order valence-electron chi connectivity index (χ1n) is 6.90. The fraction of sp³-hybridized carbons (Fsp3) is 0.188. The van der Waals surface area contributed by atoms with Gasteiger partial charge >= 0.3 is 5.97 Å². The van der Waals surface area contributed by atoms with Gasteiger partial charge in [-0.3, -0.25) is 10.1 Å². The molecule has 0 fully saturated rings. The monoisotopic (exact) mass is 335 g/mol. The van der Waals surface area contributed by atoms with Crippen molar-refractivity contribution >= 4 is 11.7 Å². The number of rotatable bonds is 7. The van der Waals surface area contributed by atoms with Gasteiger partial charge in [-0.1, -0.05) is 12.1 Å². The van der Waals surface area contributed by atoms with E-state index in [1.54, 1.807) is 6.07 Å². The van der Waals surface area contributed by atoms with Gasteiger partial charge < -0.3 is 14.2 Å². The van der Waals surface area contributed by atoms with Crippen LogP contribution in [0.5, 0.6) is 11.5 Å². The van der Waals surface area contributed by atoms with Crippen LogP contribution in [0.4, 0.5) is 10.1 Å². The normalized spacial score (nSPS) is 10.1. The molecule has 2 rings (SSSR count). The van der Waals surface area contributed by atoms with E-state index in [2.05, 4.69) is 0 Å². The Labute approximate surface area is 136 Å². The number of hydrogen-bond acceptors (Lipinski definition) is 6. The van der Waals surface area contributed by atoms with Gasteiger partial charge in [0, 0.05) is 12.1 Å². The predicted octanol–water partition coefficient (Wildman–Crippen LogP) is 2.98. The van der Waals surface area contributed by atoms with Crippen LogP contribution in [0, 0.1) is 15.9 Å². The summed E-state index contributed by atoms with van der Waals surface area (Å²) in [6.45, 7) is -0.219. The molecule has 0 bridgehead atoms. The van der Waals surface area contributed by atoms with Crippen molar-refractivity contribution in [2.75, 3.05) is 20.3 Å². The van der Waals surface area contributed by atoms with Crippen molar-refractivity contribution in [1.29, 1.82) is 0 Å². The molecule has 2 aromatic carbocycles. The molecule has 0 aliphatic heterocycles. The molecule has 0 amide bonds. The van der Waals surface area contributed by atoms with E-state index in [0.29, 0.717) is 0 Å². The van der Waals surface area contributed by atoms with Gasteiger partial charge in [0.05, 0.1) is 12.0 Å². The summed E-state index contributed by atoms with van der Waals surface area (Å²) in [4.78, 5) is 22.2. The lowest BCUT2D eigenvalue weighted by molar-refractivity contribution is -0.384. The third kappa shape index (κ3) is 4.19. The highest BCUT2D eigenvalue weighted by Crippen LogP contribution is 2.24. The summed E-state index contributed by atoms with van der Waals surface area (Å²) < 4.78 is 28.5. The Morgan fingerprint density at radius 3 is 2.58 bits per heavy atom. The van der Waals surface area contributed by atoms with Crippen LogP contribution < -0.4 is 9.47 Å². The van der Waals surface area contributed by atoms with Gasteiger partial charge in [-0.25, -0.2) is 9.18 Å². The molecule has 7 nitrogen and oxygen atoms in total. The topological polar surface area (TPSA) is 87.9 Å². The van der Waals surface area contributed by atoms with Crippen LogP contribution in [0.25, 0.3) is 0 Å². The number of esters is 1. The molecule has 24 heavy (non-hydrogen) atoms. The zero-order chi connectivity index (χ0) is 17.5. The Morgan fingerprint density at radius 2 is 1.92 bits per heavy atom. The minimum atomic E-state index is -0.798. The molecule has 0 aliphatic carbocycles. The van der Waals surface area contributed by atoms with E-state index >= 15 is 0 Å². The van der Waals surface area contributed by atoms with E-state index in [0.717, 1.165) is 6.07 Å². The SMILES string of the molecule is COc1ccc([N+](=O)[O-])cc1C(=O)OCCOc1ccccc1F. The highest BCUT2D eigenvalue weighted by atomic mass is 19.1. The van der Waals surface area contributed by atoms with Crippen LogP contribution in [-0.2, 0) is 4.74 Å². The van der Waals surface area contributed by atoms with Gasteiger partial charge in [-0.15, -0.1) is 0 Å². The zero-order valence-electron chi connectivity index (χ0n) is 12.7. The van der Waals surface area contributed by atoms with Crippen LogP contribution in [0.1, 0.15) is 10.4 Å². The highest BCUT2D eigenvalue weighted by molar-refractivity contribution is 5.93.